The first-order valence-electron chi connectivity index (χ1n) is 3.51. The normalized spacial score (nSPS) is 10.2. The molecule has 0 spiro atoms. The molecule has 0 aromatic heterocycles. The highest BCUT2D eigenvalue weighted by Crippen LogP contribution is 2.15. The highest BCUT2D eigenvalue weighted by Gasteiger charge is 1.90. The van der Waals surface area contributed by atoms with Crippen LogP contribution in [-0.2, 0) is 0 Å². The van der Waals surface area contributed by atoms with Crippen molar-refractivity contribution in [3.8, 4) is 0 Å². The number of anilines is 1. The second-order valence-electron chi connectivity index (χ2n) is 2.53. The van der Waals surface area contributed by atoms with Gasteiger partial charge in [0.1, 0.15) is 0 Å². The van der Waals surface area contributed by atoms with E-state index in [1.54, 1.807) is 0 Å². The van der Waals surface area contributed by atoms with Crippen LogP contribution in [0.3, 0.4) is 0 Å². The quantitative estimate of drug-likeness (QED) is 0.561. The van der Waals surface area contributed by atoms with Crippen molar-refractivity contribution in [2.45, 2.75) is 0 Å². The molecule has 0 aliphatic rings. The van der Waals surface area contributed by atoms with Crippen LogP contribution >= 0.6 is 0 Å². The number of nitrogens with two attached hydrogens (primary N) is 1. The second kappa shape index (κ2) is 2.27. The van der Waals surface area contributed by atoms with Gasteiger partial charge in [-0.2, -0.15) is 0 Å². The average molecular weight is 142 g/mol. The minimum absolute atomic E-state index is 0.809. The van der Waals surface area contributed by atoms with Crippen LogP contribution in [0.25, 0.3) is 10.8 Å². The Labute approximate surface area is 65.5 Å². The second-order valence-corrected chi connectivity index (χ2v) is 2.53. The summed E-state index contributed by atoms with van der Waals surface area (Å²) in [7, 11) is 0. The molecule has 53 valence electrons. The predicted octanol–water partition coefficient (Wildman–Crippen LogP) is 2.22. The van der Waals surface area contributed by atoms with E-state index in [1.807, 2.05) is 36.4 Å². The highest BCUT2D eigenvalue weighted by atomic mass is 14.5. The molecule has 2 aromatic carbocycles. The van der Waals surface area contributed by atoms with Crippen molar-refractivity contribution in [2.75, 3.05) is 5.73 Å². The lowest BCUT2D eigenvalue weighted by molar-refractivity contribution is 1.72. The molecular weight excluding hydrogens is 134 g/mol. The van der Waals surface area contributed by atoms with Crippen molar-refractivity contribution in [1.29, 1.82) is 0 Å². The number of benzene rings is 2. The number of nitrogen functional groups attached to an aromatic ring is 1. The van der Waals surface area contributed by atoms with E-state index in [2.05, 4.69) is 6.07 Å². The summed E-state index contributed by atoms with van der Waals surface area (Å²) in [5.74, 6) is 0. The highest BCUT2D eigenvalue weighted by molar-refractivity contribution is 5.84. The maximum Gasteiger partial charge on any atom is 0.0320 e. The maximum absolute atomic E-state index is 5.61. The number of hydrogen-bond donors (Lipinski definition) is 1. The van der Waals surface area contributed by atoms with E-state index in [9.17, 15) is 0 Å². The minimum atomic E-state index is 0.809. The first-order valence-corrected chi connectivity index (χ1v) is 3.51. The van der Waals surface area contributed by atoms with Gasteiger partial charge in [0.05, 0.1) is 0 Å². The SMILES string of the molecule is Nc1ccc2c[c]ccc2c1. The molecule has 0 aliphatic carbocycles. The van der Waals surface area contributed by atoms with E-state index in [4.69, 9.17) is 5.73 Å². The zero-order valence-electron chi connectivity index (χ0n) is 6.04. The smallest absolute Gasteiger partial charge is 0.0320 e. The van der Waals surface area contributed by atoms with Crippen LogP contribution < -0.4 is 5.73 Å². The van der Waals surface area contributed by atoms with Crippen molar-refractivity contribution >= 4 is 16.5 Å². The first kappa shape index (κ1) is 6.23. The summed E-state index contributed by atoms with van der Waals surface area (Å²) in [6.07, 6.45) is 0. The number of rotatable bonds is 0. The molecule has 1 radical (unpaired) electrons. The molecule has 2 N–H and O–H groups in total. The summed E-state index contributed by atoms with van der Waals surface area (Å²) >= 11 is 0. The average Bonchev–Trinajstić information content (AvgIpc) is 2.04. The van der Waals surface area contributed by atoms with E-state index in [1.165, 1.54) is 10.8 Å². The van der Waals surface area contributed by atoms with Gasteiger partial charge in [-0.3, -0.25) is 0 Å². The van der Waals surface area contributed by atoms with E-state index >= 15 is 0 Å². The largest absolute Gasteiger partial charge is 0.399 e. The van der Waals surface area contributed by atoms with Crippen LogP contribution in [0.2, 0.25) is 0 Å². The fraction of sp³-hybridized carbons (Fsp3) is 0. The van der Waals surface area contributed by atoms with Gasteiger partial charge in [0.15, 0.2) is 0 Å². The lowest BCUT2D eigenvalue weighted by Crippen LogP contribution is -1.82. The van der Waals surface area contributed by atoms with E-state index in [0.29, 0.717) is 0 Å². The Balaban J connectivity index is 2.83. The Morgan fingerprint density at radius 1 is 1.09 bits per heavy atom. The Bertz CT molecular complexity index is 379. The Kier molecular flexibility index (Phi) is 1.29. The molecule has 0 atom stereocenters. The molecule has 0 bridgehead atoms. The molecule has 0 saturated heterocycles. The Morgan fingerprint density at radius 2 is 2.00 bits per heavy atom. The minimum Gasteiger partial charge on any atom is -0.399 e. The van der Waals surface area contributed by atoms with Crippen LogP contribution in [-0.4, -0.2) is 0 Å². The standard InChI is InChI=1S/C10H8N/c11-10-6-5-8-3-1-2-4-9(8)7-10/h2-7H,11H2. The van der Waals surface area contributed by atoms with Crippen LogP contribution in [0, 0.1) is 6.07 Å². The lowest BCUT2D eigenvalue weighted by atomic mass is 10.1. The Morgan fingerprint density at radius 3 is 2.91 bits per heavy atom. The van der Waals surface area contributed by atoms with Crippen LogP contribution in [0.4, 0.5) is 5.69 Å². The zero-order chi connectivity index (χ0) is 7.68. The van der Waals surface area contributed by atoms with Gasteiger partial charge in [0.2, 0.25) is 0 Å². The molecule has 2 rings (SSSR count). The van der Waals surface area contributed by atoms with Crippen molar-refractivity contribution in [1.82, 2.24) is 0 Å². The summed E-state index contributed by atoms with van der Waals surface area (Å²) in [4.78, 5) is 0. The van der Waals surface area contributed by atoms with Crippen molar-refractivity contribution in [3.63, 3.8) is 0 Å². The molecular formula is C10H8N. The molecule has 1 nitrogen and oxygen atoms in total. The maximum atomic E-state index is 5.61. The topological polar surface area (TPSA) is 26.0 Å². The summed E-state index contributed by atoms with van der Waals surface area (Å²) in [6, 6.07) is 14.7. The van der Waals surface area contributed by atoms with Crippen LogP contribution in [0.1, 0.15) is 0 Å². The van der Waals surface area contributed by atoms with Gasteiger partial charge in [-0.1, -0.05) is 18.2 Å². The lowest BCUT2D eigenvalue weighted by Gasteiger charge is -1.96. The van der Waals surface area contributed by atoms with Crippen molar-refractivity contribution in [3.05, 3.63) is 42.5 Å². The third-order valence-corrected chi connectivity index (χ3v) is 1.71. The predicted molar refractivity (Wildman–Crippen MR) is 47.2 cm³/mol. The first-order chi connectivity index (χ1) is 5.36. The van der Waals surface area contributed by atoms with Crippen LogP contribution in [0.15, 0.2) is 36.4 Å². The fourth-order valence-corrected chi connectivity index (χ4v) is 1.14. The molecule has 2 aromatic rings. The summed E-state index contributed by atoms with van der Waals surface area (Å²) in [6.45, 7) is 0. The van der Waals surface area contributed by atoms with E-state index in [0.717, 1.165) is 5.69 Å². The summed E-state index contributed by atoms with van der Waals surface area (Å²) in [5, 5.41) is 2.35. The zero-order valence-corrected chi connectivity index (χ0v) is 6.04. The third-order valence-electron chi connectivity index (χ3n) is 1.71. The van der Waals surface area contributed by atoms with Gasteiger partial charge < -0.3 is 5.73 Å². The molecule has 0 fully saturated rings. The van der Waals surface area contributed by atoms with E-state index < -0.39 is 0 Å². The molecule has 0 aliphatic heterocycles. The summed E-state index contributed by atoms with van der Waals surface area (Å²) in [5.41, 5.74) is 6.42. The van der Waals surface area contributed by atoms with Crippen LogP contribution in [0.5, 0.6) is 0 Å². The van der Waals surface area contributed by atoms with Gasteiger partial charge in [0.25, 0.3) is 0 Å². The van der Waals surface area contributed by atoms with Gasteiger partial charge in [-0.05, 0) is 35.0 Å². The molecule has 0 saturated carbocycles. The van der Waals surface area contributed by atoms with Gasteiger partial charge in [-0.25, -0.2) is 0 Å². The fourth-order valence-electron chi connectivity index (χ4n) is 1.14. The number of fused-ring (bicyclic) bond motifs is 1. The van der Waals surface area contributed by atoms with Gasteiger partial charge >= 0.3 is 0 Å². The van der Waals surface area contributed by atoms with Gasteiger partial charge in [-0.15, -0.1) is 0 Å². The van der Waals surface area contributed by atoms with Crippen molar-refractivity contribution in [2.24, 2.45) is 0 Å². The summed E-state index contributed by atoms with van der Waals surface area (Å²) < 4.78 is 0. The van der Waals surface area contributed by atoms with Crippen molar-refractivity contribution < 1.29 is 0 Å². The monoisotopic (exact) mass is 142 g/mol. The molecule has 11 heavy (non-hydrogen) atoms. The number of hydrogen-bond acceptors (Lipinski definition) is 1. The van der Waals surface area contributed by atoms with E-state index in [-0.39, 0.29) is 0 Å². The molecule has 0 heterocycles. The van der Waals surface area contributed by atoms with Gasteiger partial charge in [0, 0.05) is 5.69 Å². The molecule has 1 heteroatoms. The Hall–Kier alpha value is -1.50. The molecule has 0 unspecified atom stereocenters. The molecule has 0 amide bonds. The third kappa shape index (κ3) is 1.05.